The van der Waals surface area contributed by atoms with Gasteiger partial charge in [-0.05, 0) is 30.9 Å². The van der Waals surface area contributed by atoms with Gasteiger partial charge in [-0.2, -0.15) is 0 Å². The summed E-state index contributed by atoms with van der Waals surface area (Å²) >= 11 is 0. The molecule has 0 amide bonds. The number of ketones is 1. The number of carbonyl (C=O) groups excluding carboxylic acids is 2. The first-order valence-corrected chi connectivity index (χ1v) is 11.3. The van der Waals surface area contributed by atoms with Crippen molar-refractivity contribution in [2.45, 2.75) is 90.8 Å². The highest BCUT2D eigenvalue weighted by atomic mass is 16.6. The molecule has 7 heteroatoms. The molecule has 2 saturated carbocycles. The van der Waals surface area contributed by atoms with E-state index >= 15 is 0 Å². The molecule has 3 aliphatic carbocycles. The second-order valence-corrected chi connectivity index (χ2v) is 11.1. The van der Waals surface area contributed by atoms with Crippen LogP contribution < -0.4 is 0 Å². The van der Waals surface area contributed by atoms with Gasteiger partial charge in [0.2, 0.25) is 0 Å². The minimum atomic E-state index is -1.38. The van der Waals surface area contributed by atoms with E-state index in [-0.39, 0.29) is 25.2 Å². The summed E-state index contributed by atoms with van der Waals surface area (Å²) in [6.45, 7) is 12.5. The summed E-state index contributed by atoms with van der Waals surface area (Å²) < 4.78 is 11.6. The monoisotopic (exact) mass is 436 g/mol. The lowest BCUT2D eigenvalue weighted by atomic mass is 9.42. The van der Waals surface area contributed by atoms with Crippen molar-refractivity contribution in [2.75, 3.05) is 6.61 Å². The fourth-order valence-corrected chi connectivity index (χ4v) is 7.89. The zero-order chi connectivity index (χ0) is 23.3. The molecule has 1 saturated heterocycles. The van der Waals surface area contributed by atoms with Crippen molar-refractivity contribution < 1.29 is 34.4 Å². The highest BCUT2D eigenvalue weighted by Crippen LogP contribution is 2.65. The van der Waals surface area contributed by atoms with E-state index in [9.17, 15) is 24.9 Å². The standard InChI is InChI=1S/C24H36O7/c1-11-15(26)9-24(29)13(3)19-22(7,20(28)12(2)18(11)21(24,5)6)16(27)8-17-23(19,10-30-17)31-14(4)25/h12-13,15-17,19,26-27,29H,8-10H2,1-7H3/t12-,13+,15?,16?,17?,19?,22-,23?,24?/m1/s1. The van der Waals surface area contributed by atoms with Crippen LogP contribution in [0.4, 0.5) is 0 Å². The summed E-state index contributed by atoms with van der Waals surface area (Å²) in [6.07, 6.45) is -2.11. The number of aliphatic hydroxyl groups excluding tert-OH is 2. The Morgan fingerprint density at radius 3 is 2.32 bits per heavy atom. The normalized spacial score (nSPS) is 51.1. The lowest BCUT2D eigenvalue weighted by Gasteiger charge is -2.68. The summed E-state index contributed by atoms with van der Waals surface area (Å²) in [4.78, 5) is 26.3. The van der Waals surface area contributed by atoms with Gasteiger partial charge in [-0.25, -0.2) is 0 Å². The van der Waals surface area contributed by atoms with Gasteiger partial charge in [0.05, 0.1) is 29.8 Å². The number of hydrogen-bond acceptors (Lipinski definition) is 7. The Labute approximate surface area is 183 Å². The Balaban J connectivity index is 2.02. The van der Waals surface area contributed by atoms with E-state index in [0.717, 1.165) is 11.1 Å². The van der Waals surface area contributed by atoms with Crippen LogP contribution in [0.3, 0.4) is 0 Å². The van der Waals surface area contributed by atoms with Crippen molar-refractivity contribution in [3.63, 3.8) is 0 Å². The highest BCUT2D eigenvalue weighted by Gasteiger charge is 2.75. The van der Waals surface area contributed by atoms with E-state index < -0.39 is 64.1 Å². The topological polar surface area (TPSA) is 113 Å². The lowest BCUT2D eigenvalue weighted by molar-refractivity contribution is -0.338. The molecule has 0 spiro atoms. The minimum Gasteiger partial charge on any atom is -0.454 e. The second-order valence-electron chi connectivity index (χ2n) is 11.1. The molecule has 31 heavy (non-hydrogen) atoms. The number of aliphatic hydroxyl groups is 3. The quantitative estimate of drug-likeness (QED) is 0.424. The zero-order valence-corrected chi connectivity index (χ0v) is 19.6. The van der Waals surface area contributed by atoms with Crippen LogP contribution in [0.15, 0.2) is 11.1 Å². The number of carbonyl (C=O) groups is 2. The number of ether oxygens (including phenoxy) is 2. The molecular formula is C24H36O7. The van der Waals surface area contributed by atoms with Gasteiger partial charge in [0.15, 0.2) is 5.60 Å². The molecule has 174 valence electrons. The Morgan fingerprint density at radius 2 is 1.81 bits per heavy atom. The molecule has 2 bridgehead atoms. The van der Waals surface area contributed by atoms with Crippen molar-refractivity contribution in [3.8, 4) is 0 Å². The van der Waals surface area contributed by atoms with Gasteiger partial charge in [-0.3, -0.25) is 9.59 Å². The molecule has 6 unspecified atom stereocenters. The molecule has 0 aromatic rings. The molecule has 7 nitrogen and oxygen atoms in total. The average Bonchev–Trinajstić information content (AvgIpc) is 2.65. The zero-order valence-electron chi connectivity index (χ0n) is 19.6. The maximum absolute atomic E-state index is 14.1. The summed E-state index contributed by atoms with van der Waals surface area (Å²) in [5.41, 5.74) is -3.06. The fourth-order valence-electron chi connectivity index (χ4n) is 7.89. The van der Waals surface area contributed by atoms with E-state index in [1.807, 2.05) is 27.7 Å². The Morgan fingerprint density at radius 1 is 1.19 bits per heavy atom. The van der Waals surface area contributed by atoms with E-state index in [4.69, 9.17) is 9.47 Å². The number of Topliss-reactive ketones (excluding diaryl/α,β-unsaturated/α-hetero) is 1. The van der Waals surface area contributed by atoms with Crippen LogP contribution >= 0.6 is 0 Å². The van der Waals surface area contributed by atoms with Crippen LogP contribution in [-0.4, -0.2) is 63.2 Å². The van der Waals surface area contributed by atoms with Gasteiger partial charge in [-0.15, -0.1) is 0 Å². The summed E-state index contributed by atoms with van der Waals surface area (Å²) in [6, 6.07) is 0. The number of fused-ring (bicyclic) bond motifs is 5. The van der Waals surface area contributed by atoms with Crippen molar-refractivity contribution >= 4 is 11.8 Å². The molecular weight excluding hydrogens is 400 g/mol. The van der Waals surface area contributed by atoms with Crippen LogP contribution in [0.5, 0.6) is 0 Å². The van der Waals surface area contributed by atoms with Gasteiger partial charge >= 0.3 is 5.97 Å². The molecule has 0 aromatic heterocycles. The molecule has 3 fully saturated rings. The Kier molecular flexibility index (Phi) is 4.89. The first-order chi connectivity index (χ1) is 14.2. The Bertz CT molecular complexity index is 862. The van der Waals surface area contributed by atoms with Crippen LogP contribution in [0.25, 0.3) is 0 Å². The maximum atomic E-state index is 14.1. The van der Waals surface area contributed by atoms with Gasteiger partial charge in [0, 0.05) is 37.0 Å². The molecule has 3 N–H and O–H groups in total. The average molecular weight is 437 g/mol. The van der Waals surface area contributed by atoms with Crippen LogP contribution in [0, 0.1) is 28.6 Å². The summed E-state index contributed by atoms with van der Waals surface area (Å²) in [5, 5.41) is 34.4. The predicted molar refractivity (Wildman–Crippen MR) is 112 cm³/mol. The van der Waals surface area contributed by atoms with Crippen molar-refractivity contribution in [3.05, 3.63) is 11.1 Å². The number of rotatable bonds is 1. The highest BCUT2D eigenvalue weighted by molar-refractivity contribution is 5.91. The minimum absolute atomic E-state index is 0.113. The summed E-state index contributed by atoms with van der Waals surface area (Å²) in [7, 11) is 0. The van der Waals surface area contributed by atoms with Gasteiger partial charge in [0.1, 0.15) is 11.9 Å². The second kappa shape index (κ2) is 6.62. The third kappa shape index (κ3) is 2.55. The van der Waals surface area contributed by atoms with E-state index in [0.29, 0.717) is 0 Å². The van der Waals surface area contributed by atoms with Crippen molar-refractivity contribution in [2.24, 2.45) is 28.6 Å². The smallest absolute Gasteiger partial charge is 0.303 e. The number of esters is 1. The Hall–Kier alpha value is -1.28. The van der Waals surface area contributed by atoms with Gasteiger partial charge < -0.3 is 24.8 Å². The third-order valence-corrected chi connectivity index (χ3v) is 9.49. The largest absolute Gasteiger partial charge is 0.454 e. The first-order valence-electron chi connectivity index (χ1n) is 11.3. The molecule has 4 rings (SSSR count). The third-order valence-electron chi connectivity index (χ3n) is 9.49. The van der Waals surface area contributed by atoms with Gasteiger partial charge in [-0.1, -0.05) is 27.7 Å². The fraction of sp³-hybridized carbons (Fsp3) is 0.833. The van der Waals surface area contributed by atoms with Crippen LogP contribution in [0.1, 0.15) is 61.3 Å². The number of hydrogen-bond donors (Lipinski definition) is 3. The van der Waals surface area contributed by atoms with Crippen molar-refractivity contribution in [1.82, 2.24) is 0 Å². The van der Waals surface area contributed by atoms with Crippen LogP contribution in [0.2, 0.25) is 0 Å². The maximum Gasteiger partial charge on any atom is 0.303 e. The molecule has 1 aliphatic heterocycles. The van der Waals surface area contributed by atoms with Crippen LogP contribution in [-0.2, 0) is 19.1 Å². The molecule has 9 atom stereocenters. The molecule has 1 heterocycles. The van der Waals surface area contributed by atoms with Crippen molar-refractivity contribution in [1.29, 1.82) is 0 Å². The molecule has 0 aromatic carbocycles. The van der Waals surface area contributed by atoms with E-state index in [1.54, 1.807) is 13.8 Å². The molecule has 0 radical (unpaired) electrons. The SMILES string of the molecule is CC(=O)OC12COC1CC(O)[C@@]1(C)C(=O)[C@H](C)C3=C(C)C(O)CC(O)([C@@H](C)C21)C3(C)C. The molecule has 4 aliphatic rings. The summed E-state index contributed by atoms with van der Waals surface area (Å²) in [5.74, 6) is -2.47. The lowest BCUT2D eigenvalue weighted by Crippen LogP contribution is -2.79. The van der Waals surface area contributed by atoms with Gasteiger partial charge in [0.25, 0.3) is 0 Å². The van der Waals surface area contributed by atoms with E-state index in [1.165, 1.54) is 6.92 Å². The predicted octanol–water partition coefficient (Wildman–Crippen LogP) is 1.77. The van der Waals surface area contributed by atoms with E-state index in [2.05, 4.69) is 0 Å². The first kappa shape index (κ1) is 22.9.